The Hall–Kier alpha value is -4.46. The normalized spacial score (nSPS) is 10.9. The Labute approximate surface area is 214 Å². The number of aryl methyl sites for hydroxylation is 1. The summed E-state index contributed by atoms with van der Waals surface area (Å²) in [5, 5.41) is 34.3. The van der Waals surface area contributed by atoms with E-state index in [9.17, 15) is 30.3 Å². The molecule has 3 rings (SSSR count). The highest BCUT2D eigenvalue weighted by atomic mass is 35.5. The van der Waals surface area contributed by atoms with E-state index in [0.717, 1.165) is 29.3 Å². The van der Waals surface area contributed by atoms with Crippen LogP contribution in [0.1, 0.15) is 16.7 Å². The summed E-state index contributed by atoms with van der Waals surface area (Å²) in [6, 6.07) is 12.8. The van der Waals surface area contributed by atoms with Crippen LogP contribution in [0, 0.1) is 45.4 Å². The number of benzene rings is 3. The van der Waals surface area contributed by atoms with Crippen LogP contribution in [-0.4, -0.2) is 15.8 Å². The van der Waals surface area contributed by atoms with E-state index in [-0.39, 0.29) is 27.1 Å². The second-order valence-electron chi connectivity index (χ2n) is 7.45. The van der Waals surface area contributed by atoms with Gasteiger partial charge in [-0.1, -0.05) is 35.3 Å². The Kier molecular flexibility index (Phi) is 7.89. The van der Waals surface area contributed by atoms with Crippen molar-refractivity contribution in [2.75, 3.05) is 5.32 Å². The minimum Gasteiger partial charge on any atom is -0.447 e. The molecule has 0 spiro atoms. The van der Waals surface area contributed by atoms with Crippen molar-refractivity contribution in [1.82, 2.24) is 0 Å². The molecule has 0 fully saturated rings. The van der Waals surface area contributed by atoms with E-state index in [1.807, 2.05) is 26.0 Å². The topological polar surface area (TPSA) is 148 Å². The number of amides is 1. The molecule has 0 aromatic heterocycles. The fourth-order valence-electron chi connectivity index (χ4n) is 3.11. The number of rotatable bonds is 7. The highest BCUT2D eigenvalue weighted by Crippen LogP contribution is 2.41. The number of nitrogens with one attached hydrogen (secondary N) is 1. The van der Waals surface area contributed by atoms with Crippen LogP contribution in [0.2, 0.25) is 10.0 Å². The third kappa shape index (κ3) is 5.78. The molecule has 3 aromatic rings. The van der Waals surface area contributed by atoms with Crippen molar-refractivity contribution in [3.8, 4) is 17.6 Å². The summed E-state index contributed by atoms with van der Waals surface area (Å²) in [7, 11) is 0. The largest absolute Gasteiger partial charge is 0.447 e. The van der Waals surface area contributed by atoms with Crippen molar-refractivity contribution in [2.24, 2.45) is 0 Å². The van der Waals surface area contributed by atoms with Crippen LogP contribution in [0.3, 0.4) is 0 Å². The van der Waals surface area contributed by atoms with Gasteiger partial charge in [-0.2, -0.15) is 5.26 Å². The highest BCUT2D eigenvalue weighted by molar-refractivity contribution is 6.37. The monoisotopic (exact) mass is 526 g/mol. The number of ether oxygens (including phenoxy) is 1. The molecule has 10 nitrogen and oxygen atoms in total. The van der Waals surface area contributed by atoms with Gasteiger partial charge in [0.05, 0.1) is 26.0 Å². The van der Waals surface area contributed by atoms with Crippen LogP contribution in [0.15, 0.2) is 54.1 Å². The van der Waals surface area contributed by atoms with Crippen molar-refractivity contribution in [3.05, 3.63) is 101 Å². The zero-order chi connectivity index (χ0) is 26.6. The molecule has 1 amide bonds. The predicted octanol–water partition coefficient (Wildman–Crippen LogP) is 6.76. The SMILES string of the molecule is Cc1cccc(NC(=O)/C(C#N)=C/c2cc(Cl)c(Oc3ccc([N+](=O)[O-])cc3[N+](=O)[O-])c(Cl)c2)c1C. The van der Waals surface area contributed by atoms with Crippen molar-refractivity contribution >= 4 is 52.2 Å². The molecule has 182 valence electrons. The standard InChI is InChI=1S/C24H16Cl2N4O6/c1-13-4-3-5-20(14(13)2)28-24(31)16(12-27)8-15-9-18(25)23(19(26)10-15)36-22-7-6-17(29(32)33)11-21(22)30(34)35/h3-11H,1-2H3,(H,28,31)/b16-8+. The number of carbonyl (C=O) groups is 1. The van der Waals surface area contributed by atoms with Gasteiger partial charge in [-0.15, -0.1) is 0 Å². The Morgan fingerprint density at radius 2 is 1.72 bits per heavy atom. The van der Waals surface area contributed by atoms with Gasteiger partial charge in [0.1, 0.15) is 11.6 Å². The molecule has 0 atom stereocenters. The minimum atomic E-state index is -0.838. The van der Waals surface area contributed by atoms with Gasteiger partial charge in [-0.25, -0.2) is 0 Å². The first-order chi connectivity index (χ1) is 17.0. The van der Waals surface area contributed by atoms with Gasteiger partial charge in [0.2, 0.25) is 5.75 Å². The molecule has 1 N–H and O–H groups in total. The van der Waals surface area contributed by atoms with E-state index >= 15 is 0 Å². The van der Waals surface area contributed by atoms with E-state index in [2.05, 4.69) is 5.32 Å². The first-order valence-electron chi connectivity index (χ1n) is 10.1. The van der Waals surface area contributed by atoms with E-state index in [1.165, 1.54) is 18.2 Å². The molecule has 12 heteroatoms. The number of hydrogen-bond acceptors (Lipinski definition) is 7. The number of hydrogen-bond donors (Lipinski definition) is 1. The van der Waals surface area contributed by atoms with Gasteiger partial charge in [0, 0.05) is 11.8 Å². The molecule has 0 aliphatic carbocycles. The first-order valence-corrected chi connectivity index (χ1v) is 10.9. The maximum absolute atomic E-state index is 12.7. The second kappa shape index (κ2) is 10.9. The first kappa shape index (κ1) is 26.2. The lowest BCUT2D eigenvalue weighted by Crippen LogP contribution is -2.14. The minimum absolute atomic E-state index is 0.0753. The number of halogens is 2. The van der Waals surface area contributed by atoms with Gasteiger partial charge >= 0.3 is 5.69 Å². The third-order valence-corrected chi connectivity index (χ3v) is 5.67. The number of nitro benzene ring substituents is 2. The van der Waals surface area contributed by atoms with Crippen molar-refractivity contribution in [3.63, 3.8) is 0 Å². The van der Waals surface area contributed by atoms with E-state index in [4.69, 9.17) is 27.9 Å². The molecule has 0 aliphatic rings. The van der Waals surface area contributed by atoms with Crippen LogP contribution in [0.4, 0.5) is 17.1 Å². The predicted molar refractivity (Wildman–Crippen MR) is 134 cm³/mol. The maximum atomic E-state index is 12.7. The summed E-state index contributed by atoms with van der Waals surface area (Å²) in [6.45, 7) is 3.74. The van der Waals surface area contributed by atoms with Gasteiger partial charge in [0.15, 0.2) is 5.75 Å². The molecule has 0 bridgehead atoms. The highest BCUT2D eigenvalue weighted by Gasteiger charge is 2.23. The molecule has 36 heavy (non-hydrogen) atoms. The summed E-state index contributed by atoms with van der Waals surface area (Å²) in [5.41, 5.74) is 1.32. The Morgan fingerprint density at radius 3 is 2.31 bits per heavy atom. The van der Waals surface area contributed by atoms with Crippen LogP contribution < -0.4 is 10.1 Å². The zero-order valence-corrected chi connectivity index (χ0v) is 20.3. The summed E-state index contributed by atoms with van der Waals surface area (Å²) < 4.78 is 5.51. The fourth-order valence-corrected chi connectivity index (χ4v) is 3.69. The second-order valence-corrected chi connectivity index (χ2v) is 8.27. The zero-order valence-electron chi connectivity index (χ0n) is 18.7. The molecule has 0 radical (unpaired) electrons. The van der Waals surface area contributed by atoms with Crippen molar-refractivity contribution in [2.45, 2.75) is 13.8 Å². The lowest BCUT2D eigenvalue weighted by Gasteiger charge is -2.11. The molecule has 0 unspecified atom stereocenters. The summed E-state index contributed by atoms with van der Waals surface area (Å²) in [6.07, 6.45) is 1.27. The van der Waals surface area contributed by atoms with E-state index in [1.54, 1.807) is 12.1 Å². The van der Waals surface area contributed by atoms with Crippen molar-refractivity contribution < 1.29 is 19.4 Å². The average Bonchev–Trinajstić information content (AvgIpc) is 2.82. The number of nitro groups is 2. The smallest absolute Gasteiger partial charge is 0.318 e. The van der Waals surface area contributed by atoms with Crippen LogP contribution in [0.5, 0.6) is 11.5 Å². The molecule has 0 saturated heterocycles. The Balaban J connectivity index is 1.91. The van der Waals surface area contributed by atoms with Gasteiger partial charge < -0.3 is 10.1 Å². The summed E-state index contributed by atoms with van der Waals surface area (Å²) in [4.78, 5) is 33.3. The quantitative estimate of drug-likeness (QED) is 0.154. The molecular weight excluding hydrogens is 511 g/mol. The molecule has 3 aromatic carbocycles. The molecule has 0 heterocycles. The lowest BCUT2D eigenvalue weighted by atomic mass is 10.1. The molecular formula is C24H16Cl2N4O6. The number of non-ortho nitro benzene ring substituents is 1. The van der Waals surface area contributed by atoms with Crippen LogP contribution >= 0.6 is 23.2 Å². The number of nitriles is 1. The lowest BCUT2D eigenvalue weighted by molar-refractivity contribution is -0.394. The number of carbonyl (C=O) groups excluding carboxylic acids is 1. The molecule has 0 saturated carbocycles. The third-order valence-electron chi connectivity index (χ3n) is 5.11. The van der Waals surface area contributed by atoms with E-state index in [0.29, 0.717) is 11.3 Å². The van der Waals surface area contributed by atoms with Gasteiger partial charge in [0.25, 0.3) is 11.6 Å². The summed E-state index contributed by atoms with van der Waals surface area (Å²) in [5.74, 6) is -1.10. The summed E-state index contributed by atoms with van der Waals surface area (Å²) >= 11 is 12.5. The van der Waals surface area contributed by atoms with Crippen LogP contribution in [0.25, 0.3) is 6.08 Å². The maximum Gasteiger partial charge on any atom is 0.318 e. The fraction of sp³-hybridized carbons (Fsp3) is 0.0833. The number of anilines is 1. The van der Waals surface area contributed by atoms with E-state index < -0.39 is 27.1 Å². The van der Waals surface area contributed by atoms with Gasteiger partial charge in [-0.05, 0) is 60.9 Å². The Bertz CT molecular complexity index is 1460. The Morgan fingerprint density at radius 1 is 1.06 bits per heavy atom. The van der Waals surface area contributed by atoms with Gasteiger partial charge in [-0.3, -0.25) is 25.0 Å². The number of nitrogens with zero attached hydrogens (tertiary/aromatic N) is 3. The molecule has 0 aliphatic heterocycles. The van der Waals surface area contributed by atoms with Crippen LogP contribution in [-0.2, 0) is 4.79 Å². The average molecular weight is 527 g/mol. The van der Waals surface area contributed by atoms with Crippen molar-refractivity contribution in [1.29, 1.82) is 5.26 Å².